The second-order valence-corrected chi connectivity index (χ2v) is 8.64. The van der Waals surface area contributed by atoms with E-state index in [1.807, 2.05) is 30.3 Å². The number of amides is 1. The molecule has 3 heteroatoms. The van der Waals surface area contributed by atoms with Crippen molar-refractivity contribution in [2.24, 2.45) is 22.7 Å². The highest BCUT2D eigenvalue weighted by Crippen LogP contribution is 2.68. The van der Waals surface area contributed by atoms with Gasteiger partial charge in [-0.25, -0.2) is 0 Å². The number of nitrogens with one attached hydrogen (secondary N) is 1. The summed E-state index contributed by atoms with van der Waals surface area (Å²) in [6, 6.07) is 9.89. The number of carbonyl (C=O) groups is 1. The van der Waals surface area contributed by atoms with Crippen molar-refractivity contribution in [3.63, 3.8) is 0 Å². The summed E-state index contributed by atoms with van der Waals surface area (Å²) in [5, 5.41) is 3.46. The molecular weight excluding hydrogens is 298 g/mol. The zero-order valence-corrected chi connectivity index (χ0v) is 15.0. The Hall–Kier alpha value is -1.35. The Bertz CT molecular complexity index is 626. The van der Waals surface area contributed by atoms with Gasteiger partial charge in [-0.1, -0.05) is 39.0 Å². The van der Waals surface area contributed by atoms with Crippen LogP contribution in [0.15, 0.2) is 30.3 Å². The van der Waals surface area contributed by atoms with E-state index in [1.54, 1.807) is 0 Å². The first-order chi connectivity index (χ1) is 11.5. The van der Waals surface area contributed by atoms with Crippen molar-refractivity contribution in [1.82, 2.24) is 5.32 Å². The molecular formula is C21H29NO2. The number of benzene rings is 1. The van der Waals surface area contributed by atoms with Crippen LogP contribution in [-0.2, 0) is 4.74 Å². The number of rotatable bonds is 3. The Morgan fingerprint density at radius 2 is 2.04 bits per heavy atom. The molecule has 1 amide bonds. The maximum Gasteiger partial charge on any atom is 0.251 e. The Morgan fingerprint density at radius 1 is 1.29 bits per heavy atom. The molecule has 3 nitrogen and oxygen atoms in total. The summed E-state index contributed by atoms with van der Waals surface area (Å²) in [6.07, 6.45) is 5.07. The first-order valence-corrected chi connectivity index (χ1v) is 9.46. The fourth-order valence-electron chi connectivity index (χ4n) is 6.12. The van der Waals surface area contributed by atoms with Crippen molar-refractivity contribution < 1.29 is 9.53 Å². The smallest absolute Gasteiger partial charge is 0.251 e. The number of fused-ring (bicyclic) bond motifs is 1. The summed E-state index contributed by atoms with van der Waals surface area (Å²) in [6.45, 7) is 7.79. The van der Waals surface area contributed by atoms with E-state index in [0.717, 1.165) is 25.0 Å². The average molecular weight is 327 g/mol. The lowest BCUT2D eigenvalue weighted by atomic mass is 9.59. The van der Waals surface area contributed by atoms with E-state index < -0.39 is 0 Å². The minimum absolute atomic E-state index is 0.0777. The van der Waals surface area contributed by atoms with E-state index in [2.05, 4.69) is 26.1 Å². The van der Waals surface area contributed by atoms with Gasteiger partial charge in [0.15, 0.2) is 0 Å². The van der Waals surface area contributed by atoms with E-state index in [1.165, 1.54) is 12.8 Å². The summed E-state index contributed by atoms with van der Waals surface area (Å²) in [7, 11) is 0. The van der Waals surface area contributed by atoms with Gasteiger partial charge in [-0.2, -0.15) is 0 Å². The molecule has 0 radical (unpaired) electrons. The summed E-state index contributed by atoms with van der Waals surface area (Å²) in [5.41, 5.74) is 1.16. The van der Waals surface area contributed by atoms with Gasteiger partial charge >= 0.3 is 0 Å². The summed E-state index contributed by atoms with van der Waals surface area (Å²) in [4.78, 5) is 12.8. The van der Waals surface area contributed by atoms with Crippen LogP contribution >= 0.6 is 0 Å². The van der Waals surface area contributed by atoms with Gasteiger partial charge in [0.25, 0.3) is 5.91 Å². The summed E-state index contributed by atoms with van der Waals surface area (Å²) in [5.74, 6) is 1.38. The van der Waals surface area contributed by atoms with Gasteiger partial charge in [0.05, 0.1) is 6.10 Å². The average Bonchev–Trinajstić information content (AvgIpc) is 3.08. The Kier molecular flexibility index (Phi) is 3.76. The first kappa shape index (κ1) is 16.1. The van der Waals surface area contributed by atoms with Gasteiger partial charge in [0, 0.05) is 18.2 Å². The molecule has 2 bridgehead atoms. The SMILES string of the molecule is CC[C@H]1OCC[C@@]23C[C@@H](C[C@H]12)C(C)(C)[C@H]3NC(=O)c1ccccc1. The van der Waals surface area contributed by atoms with Gasteiger partial charge < -0.3 is 10.1 Å². The highest BCUT2D eigenvalue weighted by Gasteiger charge is 2.68. The van der Waals surface area contributed by atoms with Gasteiger partial charge in [-0.05, 0) is 60.5 Å². The molecule has 1 spiro atoms. The van der Waals surface area contributed by atoms with Crippen molar-refractivity contribution in [2.45, 2.75) is 58.6 Å². The number of ether oxygens (including phenoxy) is 1. The fourth-order valence-corrected chi connectivity index (χ4v) is 6.12. The van der Waals surface area contributed by atoms with Crippen LogP contribution in [0.2, 0.25) is 0 Å². The molecule has 1 N–H and O–H groups in total. The molecule has 130 valence electrons. The standard InChI is InChI=1S/C21H29NO2/c1-4-17-16-12-15-13-21(16,10-11-24-17)19(20(15,2)3)22-18(23)14-8-6-5-7-9-14/h5-9,15-17,19H,4,10-13H2,1-3H3,(H,22,23)/t15-,16-,17-,19-,21-/m1/s1. The maximum atomic E-state index is 12.8. The van der Waals surface area contributed by atoms with Crippen LogP contribution in [0.25, 0.3) is 0 Å². The van der Waals surface area contributed by atoms with Crippen LogP contribution in [0.1, 0.15) is 56.8 Å². The van der Waals surface area contributed by atoms with Crippen molar-refractivity contribution in [1.29, 1.82) is 0 Å². The van der Waals surface area contributed by atoms with Crippen molar-refractivity contribution in [3.8, 4) is 0 Å². The molecule has 1 heterocycles. The monoisotopic (exact) mass is 327 g/mol. The molecule has 4 rings (SSSR count). The Morgan fingerprint density at radius 3 is 2.75 bits per heavy atom. The Balaban J connectivity index is 1.64. The van der Waals surface area contributed by atoms with Crippen LogP contribution in [0.5, 0.6) is 0 Å². The second-order valence-electron chi connectivity index (χ2n) is 8.64. The molecule has 0 unspecified atom stereocenters. The number of hydrogen-bond acceptors (Lipinski definition) is 2. The zero-order chi connectivity index (χ0) is 16.9. The predicted molar refractivity (Wildman–Crippen MR) is 94.8 cm³/mol. The molecule has 24 heavy (non-hydrogen) atoms. The molecule has 3 fully saturated rings. The van der Waals surface area contributed by atoms with Gasteiger partial charge in [0.2, 0.25) is 0 Å². The van der Waals surface area contributed by atoms with Crippen molar-refractivity contribution in [3.05, 3.63) is 35.9 Å². The lowest BCUT2D eigenvalue weighted by Gasteiger charge is -2.53. The van der Waals surface area contributed by atoms with Crippen LogP contribution in [0.4, 0.5) is 0 Å². The summed E-state index contributed by atoms with van der Waals surface area (Å²) < 4.78 is 6.08. The molecule has 1 aromatic carbocycles. The zero-order valence-electron chi connectivity index (χ0n) is 15.0. The molecule has 0 aromatic heterocycles. The normalized spacial score (nSPS) is 39.5. The molecule has 1 aromatic rings. The third-order valence-electron chi connectivity index (χ3n) is 7.34. The second kappa shape index (κ2) is 5.59. The Labute approximate surface area is 145 Å². The highest BCUT2D eigenvalue weighted by atomic mass is 16.5. The lowest BCUT2D eigenvalue weighted by Crippen LogP contribution is -2.60. The molecule has 1 saturated heterocycles. The highest BCUT2D eigenvalue weighted by molar-refractivity contribution is 5.94. The van der Waals surface area contributed by atoms with Crippen LogP contribution < -0.4 is 5.32 Å². The van der Waals surface area contributed by atoms with Gasteiger partial charge in [0.1, 0.15) is 0 Å². The van der Waals surface area contributed by atoms with E-state index in [0.29, 0.717) is 17.9 Å². The fraction of sp³-hybridized carbons (Fsp3) is 0.667. The third-order valence-corrected chi connectivity index (χ3v) is 7.34. The predicted octanol–water partition coefficient (Wildman–Crippen LogP) is 4.04. The van der Waals surface area contributed by atoms with Crippen molar-refractivity contribution in [2.75, 3.05) is 6.61 Å². The first-order valence-electron chi connectivity index (χ1n) is 9.46. The quantitative estimate of drug-likeness (QED) is 0.910. The van der Waals surface area contributed by atoms with Crippen LogP contribution in [0.3, 0.4) is 0 Å². The molecule has 3 aliphatic rings. The molecule has 2 aliphatic carbocycles. The molecule has 1 aliphatic heterocycles. The lowest BCUT2D eigenvalue weighted by molar-refractivity contribution is -0.118. The number of carbonyl (C=O) groups excluding carboxylic acids is 1. The largest absolute Gasteiger partial charge is 0.378 e. The molecule has 2 saturated carbocycles. The minimum atomic E-state index is 0.0777. The summed E-state index contributed by atoms with van der Waals surface area (Å²) >= 11 is 0. The van der Waals surface area contributed by atoms with Crippen LogP contribution in [0, 0.1) is 22.7 Å². The van der Waals surface area contributed by atoms with E-state index in [9.17, 15) is 4.79 Å². The maximum absolute atomic E-state index is 12.8. The van der Waals surface area contributed by atoms with Crippen LogP contribution in [-0.4, -0.2) is 24.7 Å². The topological polar surface area (TPSA) is 38.3 Å². The minimum Gasteiger partial charge on any atom is -0.378 e. The van der Waals surface area contributed by atoms with Gasteiger partial charge in [-0.15, -0.1) is 0 Å². The number of hydrogen-bond donors (Lipinski definition) is 1. The van der Waals surface area contributed by atoms with E-state index >= 15 is 0 Å². The van der Waals surface area contributed by atoms with E-state index in [-0.39, 0.29) is 22.8 Å². The molecule has 5 atom stereocenters. The van der Waals surface area contributed by atoms with Crippen molar-refractivity contribution >= 4 is 5.91 Å². The van der Waals surface area contributed by atoms with Gasteiger partial charge in [-0.3, -0.25) is 4.79 Å². The van der Waals surface area contributed by atoms with E-state index in [4.69, 9.17) is 4.74 Å². The third kappa shape index (κ3) is 2.17.